The van der Waals surface area contributed by atoms with Gasteiger partial charge in [-0.05, 0) is 35.7 Å². The number of nitrogens with one attached hydrogen (secondary N) is 1. The summed E-state index contributed by atoms with van der Waals surface area (Å²) in [6, 6.07) is 15.7. The maximum Gasteiger partial charge on any atom is 0.232 e. The summed E-state index contributed by atoms with van der Waals surface area (Å²) < 4.78 is 5.14. The average molecular weight is 253 g/mol. The predicted octanol–water partition coefficient (Wildman–Crippen LogP) is 2.97. The van der Waals surface area contributed by atoms with Crippen LogP contribution in [0.3, 0.4) is 0 Å². The Labute approximate surface area is 112 Å². The standard InChI is InChI=1S/C16H15NO2/c1-19-12-8-6-11(7-9-12)10-14-13-4-2-3-5-15(13)17-16(14)18/h2-9,14H,10H2,1H3,(H,17,18)/t14-/m1/s1. The monoisotopic (exact) mass is 253 g/mol. The fourth-order valence-corrected chi connectivity index (χ4v) is 2.48. The number of rotatable bonds is 3. The first-order chi connectivity index (χ1) is 9.28. The molecule has 3 nitrogen and oxygen atoms in total. The maximum atomic E-state index is 12.0. The molecule has 2 aromatic rings. The molecule has 0 aromatic heterocycles. The number of anilines is 1. The van der Waals surface area contributed by atoms with Crippen LogP contribution in [-0.2, 0) is 11.2 Å². The van der Waals surface area contributed by atoms with Crippen molar-refractivity contribution >= 4 is 11.6 Å². The number of hydrogen-bond acceptors (Lipinski definition) is 2. The topological polar surface area (TPSA) is 38.3 Å². The molecule has 0 aliphatic carbocycles. The number of ether oxygens (including phenoxy) is 1. The van der Waals surface area contributed by atoms with Crippen molar-refractivity contribution in [2.75, 3.05) is 12.4 Å². The molecule has 2 aromatic carbocycles. The Morgan fingerprint density at radius 1 is 1.11 bits per heavy atom. The first kappa shape index (κ1) is 11.8. The Morgan fingerprint density at radius 3 is 2.58 bits per heavy atom. The molecule has 0 saturated carbocycles. The number of fused-ring (bicyclic) bond motifs is 1. The van der Waals surface area contributed by atoms with Crippen LogP contribution >= 0.6 is 0 Å². The van der Waals surface area contributed by atoms with Crippen LogP contribution in [0.1, 0.15) is 17.0 Å². The van der Waals surface area contributed by atoms with Crippen LogP contribution in [0.2, 0.25) is 0 Å². The summed E-state index contributed by atoms with van der Waals surface area (Å²) in [5, 5.41) is 2.93. The SMILES string of the molecule is COc1ccc(C[C@H]2C(=O)Nc3ccccc32)cc1. The molecule has 96 valence electrons. The van der Waals surface area contributed by atoms with Crippen molar-refractivity contribution < 1.29 is 9.53 Å². The lowest BCUT2D eigenvalue weighted by Gasteiger charge is -2.09. The largest absolute Gasteiger partial charge is 0.497 e. The van der Waals surface area contributed by atoms with Crippen LogP contribution < -0.4 is 10.1 Å². The molecule has 19 heavy (non-hydrogen) atoms. The summed E-state index contributed by atoms with van der Waals surface area (Å²) in [6.45, 7) is 0. The predicted molar refractivity (Wildman–Crippen MR) is 74.5 cm³/mol. The number of amides is 1. The van der Waals surface area contributed by atoms with Crippen molar-refractivity contribution in [1.29, 1.82) is 0 Å². The van der Waals surface area contributed by atoms with E-state index in [9.17, 15) is 4.79 Å². The highest BCUT2D eigenvalue weighted by Gasteiger charge is 2.29. The van der Waals surface area contributed by atoms with Gasteiger partial charge in [-0.1, -0.05) is 30.3 Å². The van der Waals surface area contributed by atoms with Gasteiger partial charge in [0.2, 0.25) is 5.91 Å². The van der Waals surface area contributed by atoms with E-state index in [-0.39, 0.29) is 11.8 Å². The van der Waals surface area contributed by atoms with Crippen molar-refractivity contribution in [1.82, 2.24) is 0 Å². The highest BCUT2D eigenvalue weighted by Crippen LogP contribution is 2.34. The summed E-state index contributed by atoms with van der Waals surface area (Å²) >= 11 is 0. The average Bonchev–Trinajstić information content (AvgIpc) is 2.76. The summed E-state index contributed by atoms with van der Waals surface area (Å²) in [5.41, 5.74) is 3.16. The van der Waals surface area contributed by atoms with Gasteiger partial charge in [-0.15, -0.1) is 0 Å². The van der Waals surface area contributed by atoms with Gasteiger partial charge in [-0.25, -0.2) is 0 Å². The molecule has 1 amide bonds. The molecule has 0 bridgehead atoms. The molecule has 3 rings (SSSR count). The van der Waals surface area contributed by atoms with Crippen molar-refractivity contribution in [3.8, 4) is 5.75 Å². The number of benzene rings is 2. The number of carbonyl (C=O) groups is 1. The first-order valence-electron chi connectivity index (χ1n) is 6.30. The lowest BCUT2D eigenvalue weighted by Crippen LogP contribution is -2.14. The van der Waals surface area contributed by atoms with Gasteiger partial charge in [0.1, 0.15) is 5.75 Å². The van der Waals surface area contributed by atoms with Crippen LogP contribution in [0.4, 0.5) is 5.69 Å². The summed E-state index contributed by atoms with van der Waals surface area (Å²) in [5.74, 6) is 0.821. The van der Waals surface area contributed by atoms with Gasteiger partial charge < -0.3 is 10.1 Å². The molecule has 1 N–H and O–H groups in total. The molecule has 1 aliphatic heterocycles. The van der Waals surface area contributed by atoms with E-state index in [1.807, 2.05) is 48.5 Å². The highest BCUT2D eigenvalue weighted by atomic mass is 16.5. The molecule has 1 heterocycles. The summed E-state index contributed by atoms with van der Waals surface area (Å²) in [6.07, 6.45) is 0.715. The number of para-hydroxylation sites is 1. The number of methoxy groups -OCH3 is 1. The smallest absolute Gasteiger partial charge is 0.232 e. The minimum absolute atomic E-state index is 0.0806. The van der Waals surface area contributed by atoms with Crippen LogP contribution in [-0.4, -0.2) is 13.0 Å². The van der Waals surface area contributed by atoms with Crippen molar-refractivity contribution in [3.63, 3.8) is 0 Å². The van der Waals surface area contributed by atoms with Crippen LogP contribution in [0.5, 0.6) is 5.75 Å². The molecule has 0 radical (unpaired) electrons. The van der Waals surface area contributed by atoms with Gasteiger partial charge in [0.05, 0.1) is 13.0 Å². The normalized spacial score (nSPS) is 16.9. The Balaban J connectivity index is 1.84. The van der Waals surface area contributed by atoms with E-state index in [0.717, 1.165) is 22.6 Å². The minimum atomic E-state index is -0.0930. The van der Waals surface area contributed by atoms with Crippen molar-refractivity contribution in [2.45, 2.75) is 12.3 Å². The van der Waals surface area contributed by atoms with Gasteiger partial charge in [0, 0.05) is 5.69 Å². The van der Waals surface area contributed by atoms with E-state index in [1.54, 1.807) is 7.11 Å². The Hall–Kier alpha value is -2.29. The molecule has 0 saturated heterocycles. The van der Waals surface area contributed by atoms with Crippen LogP contribution in [0, 0.1) is 0 Å². The van der Waals surface area contributed by atoms with E-state index < -0.39 is 0 Å². The zero-order valence-corrected chi connectivity index (χ0v) is 10.7. The first-order valence-corrected chi connectivity index (χ1v) is 6.30. The van der Waals surface area contributed by atoms with Gasteiger partial charge in [-0.2, -0.15) is 0 Å². The summed E-state index contributed by atoms with van der Waals surface area (Å²) in [4.78, 5) is 12.0. The third-order valence-electron chi connectivity index (χ3n) is 3.51. The van der Waals surface area contributed by atoms with Gasteiger partial charge in [0.15, 0.2) is 0 Å². The molecule has 1 atom stereocenters. The second-order valence-corrected chi connectivity index (χ2v) is 4.68. The quantitative estimate of drug-likeness (QED) is 0.913. The molecule has 1 aliphatic rings. The molecule has 0 fully saturated rings. The zero-order chi connectivity index (χ0) is 13.2. The Morgan fingerprint density at radius 2 is 1.84 bits per heavy atom. The van der Waals surface area contributed by atoms with E-state index in [2.05, 4.69) is 5.32 Å². The Bertz CT molecular complexity index is 604. The van der Waals surface area contributed by atoms with E-state index >= 15 is 0 Å². The second kappa shape index (κ2) is 4.76. The van der Waals surface area contributed by atoms with Gasteiger partial charge in [-0.3, -0.25) is 4.79 Å². The fourth-order valence-electron chi connectivity index (χ4n) is 2.48. The third-order valence-corrected chi connectivity index (χ3v) is 3.51. The molecular weight excluding hydrogens is 238 g/mol. The Kier molecular flexibility index (Phi) is 2.95. The maximum absolute atomic E-state index is 12.0. The van der Waals surface area contributed by atoms with E-state index in [4.69, 9.17) is 4.74 Å². The lowest BCUT2D eigenvalue weighted by atomic mass is 9.93. The van der Waals surface area contributed by atoms with Crippen LogP contribution in [0.25, 0.3) is 0 Å². The minimum Gasteiger partial charge on any atom is -0.497 e. The third kappa shape index (κ3) is 2.19. The molecule has 3 heteroatoms. The number of carbonyl (C=O) groups excluding carboxylic acids is 1. The number of hydrogen-bond donors (Lipinski definition) is 1. The van der Waals surface area contributed by atoms with Gasteiger partial charge in [0.25, 0.3) is 0 Å². The van der Waals surface area contributed by atoms with Crippen molar-refractivity contribution in [2.24, 2.45) is 0 Å². The highest BCUT2D eigenvalue weighted by molar-refractivity contribution is 6.03. The molecular formula is C16H15NO2. The van der Waals surface area contributed by atoms with E-state index in [0.29, 0.717) is 6.42 Å². The molecule has 0 spiro atoms. The fraction of sp³-hybridized carbons (Fsp3) is 0.188. The van der Waals surface area contributed by atoms with Crippen molar-refractivity contribution in [3.05, 3.63) is 59.7 Å². The summed E-state index contributed by atoms with van der Waals surface area (Å²) in [7, 11) is 1.65. The molecule has 0 unspecified atom stereocenters. The second-order valence-electron chi connectivity index (χ2n) is 4.68. The van der Waals surface area contributed by atoms with E-state index in [1.165, 1.54) is 0 Å². The van der Waals surface area contributed by atoms with Crippen LogP contribution in [0.15, 0.2) is 48.5 Å². The zero-order valence-electron chi connectivity index (χ0n) is 10.7. The lowest BCUT2D eigenvalue weighted by molar-refractivity contribution is -0.117. The van der Waals surface area contributed by atoms with Gasteiger partial charge >= 0.3 is 0 Å².